The smallest absolute Gasteiger partial charge is 0.248 e. The van der Waals surface area contributed by atoms with Crippen molar-refractivity contribution in [1.82, 2.24) is 24.5 Å². The molecule has 0 radical (unpaired) electrons. The molecule has 1 fully saturated rings. The fourth-order valence-electron chi connectivity index (χ4n) is 4.53. The van der Waals surface area contributed by atoms with Crippen molar-refractivity contribution < 1.29 is 14.3 Å². The molecule has 1 aliphatic heterocycles. The zero-order valence-corrected chi connectivity index (χ0v) is 18.7. The second-order valence-corrected chi connectivity index (χ2v) is 8.39. The predicted octanol–water partition coefficient (Wildman–Crippen LogP) is 2.75. The molecule has 3 N–H and O–H groups in total. The number of carbonyl (C=O) groups excluding carboxylic acids is 1. The van der Waals surface area contributed by atoms with Crippen molar-refractivity contribution in [1.29, 1.82) is 5.26 Å². The van der Waals surface area contributed by atoms with Crippen molar-refractivity contribution in [3.8, 4) is 28.5 Å². The molecule has 3 aromatic heterocycles. The summed E-state index contributed by atoms with van der Waals surface area (Å²) in [5.41, 5.74) is 9.99. The van der Waals surface area contributed by atoms with Gasteiger partial charge in [0.2, 0.25) is 5.91 Å². The second-order valence-electron chi connectivity index (χ2n) is 8.39. The number of aliphatic hydroxyl groups excluding tert-OH is 1. The summed E-state index contributed by atoms with van der Waals surface area (Å²) in [7, 11) is 0. The van der Waals surface area contributed by atoms with Crippen LogP contribution in [0.1, 0.15) is 30.0 Å². The minimum absolute atomic E-state index is 0.0657. The molecule has 5 rings (SSSR count). The summed E-state index contributed by atoms with van der Waals surface area (Å²) >= 11 is 0. The number of hydrogen-bond donors (Lipinski definition) is 2. The molecule has 0 unspecified atom stereocenters. The van der Waals surface area contributed by atoms with E-state index in [1.54, 1.807) is 41.6 Å². The molecule has 10 heteroatoms. The molecular formula is C25H22FN7O2. The largest absolute Gasteiger partial charge is 0.387 e. The molecule has 0 aliphatic carbocycles. The third-order valence-corrected chi connectivity index (χ3v) is 6.42. The highest BCUT2D eigenvalue weighted by atomic mass is 19.1. The van der Waals surface area contributed by atoms with Gasteiger partial charge in [-0.05, 0) is 31.0 Å². The maximum Gasteiger partial charge on any atom is 0.248 e. The van der Waals surface area contributed by atoms with Crippen molar-refractivity contribution in [3.63, 3.8) is 0 Å². The summed E-state index contributed by atoms with van der Waals surface area (Å²) in [6, 6.07) is 12.2. The lowest BCUT2D eigenvalue weighted by molar-refractivity contribution is -0.135. The van der Waals surface area contributed by atoms with Crippen molar-refractivity contribution >= 4 is 17.4 Å². The van der Waals surface area contributed by atoms with Crippen LogP contribution in [0.4, 0.5) is 10.2 Å². The number of aliphatic hydroxyl groups is 1. The van der Waals surface area contributed by atoms with Gasteiger partial charge in [-0.1, -0.05) is 18.2 Å². The lowest BCUT2D eigenvalue weighted by Crippen LogP contribution is -2.39. The minimum atomic E-state index is -0.520. The van der Waals surface area contributed by atoms with Gasteiger partial charge >= 0.3 is 0 Å². The second kappa shape index (κ2) is 9.12. The van der Waals surface area contributed by atoms with E-state index in [2.05, 4.69) is 16.2 Å². The summed E-state index contributed by atoms with van der Waals surface area (Å²) in [4.78, 5) is 22.7. The number of nitriles is 1. The number of pyridine rings is 1. The van der Waals surface area contributed by atoms with Crippen LogP contribution in [0.25, 0.3) is 28.0 Å². The number of piperidine rings is 1. The van der Waals surface area contributed by atoms with Gasteiger partial charge < -0.3 is 15.7 Å². The molecule has 4 aromatic rings. The van der Waals surface area contributed by atoms with Crippen molar-refractivity contribution in [2.45, 2.75) is 18.8 Å². The summed E-state index contributed by atoms with van der Waals surface area (Å²) in [5.74, 6) is -0.526. The fourth-order valence-corrected chi connectivity index (χ4v) is 4.53. The molecule has 0 saturated carbocycles. The van der Waals surface area contributed by atoms with Crippen molar-refractivity contribution in [2.75, 3.05) is 25.4 Å². The maximum absolute atomic E-state index is 14.1. The Hall–Kier alpha value is -4.36. The Morgan fingerprint density at radius 1 is 1.17 bits per heavy atom. The number of nitrogen functional groups attached to an aromatic ring is 1. The summed E-state index contributed by atoms with van der Waals surface area (Å²) in [5, 5.41) is 23.3. The van der Waals surface area contributed by atoms with E-state index in [0.29, 0.717) is 54.1 Å². The fraction of sp³-hybridized carbons (Fsp3) is 0.240. The Morgan fingerprint density at radius 3 is 2.60 bits per heavy atom. The number of rotatable bonds is 4. The molecule has 0 spiro atoms. The average Bonchev–Trinajstić information content (AvgIpc) is 3.33. The van der Waals surface area contributed by atoms with E-state index in [-0.39, 0.29) is 29.0 Å². The van der Waals surface area contributed by atoms with Gasteiger partial charge in [0.05, 0.1) is 17.6 Å². The van der Waals surface area contributed by atoms with Crippen LogP contribution < -0.4 is 5.73 Å². The van der Waals surface area contributed by atoms with Crippen LogP contribution in [0.2, 0.25) is 0 Å². The lowest BCUT2D eigenvalue weighted by Gasteiger charge is -2.31. The van der Waals surface area contributed by atoms with Crippen molar-refractivity contribution in [3.05, 3.63) is 65.9 Å². The molecule has 0 atom stereocenters. The van der Waals surface area contributed by atoms with E-state index in [1.807, 2.05) is 6.07 Å². The molecule has 4 heterocycles. The van der Waals surface area contributed by atoms with E-state index < -0.39 is 6.61 Å². The summed E-state index contributed by atoms with van der Waals surface area (Å²) in [6.07, 6.45) is 4.45. The number of likely N-dealkylation sites (tertiary alicyclic amines) is 1. The highest BCUT2D eigenvalue weighted by Crippen LogP contribution is 2.34. The van der Waals surface area contributed by atoms with Crippen LogP contribution in [0, 0.1) is 17.1 Å². The number of nitrogens with two attached hydrogens (primary N) is 1. The van der Waals surface area contributed by atoms with E-state index in [4.69, 9.17) is 15.8 Å². The number of anilines is 1. The molecule has 0 bridgehead atoms. The Balaban J connectivity index is 1.52. The summed E-state index contributed by atoms with van der Waals surface area (Å²) < 4.78 is 15.6. The standard InChI is InChI=1S/C25H22FN7O2/c26-20-4-2-1-3-17(20)21-6-5-16(12-29-21)19-13-30-33-24(28)18(11-27)23(31-25(19)33)15-7-9-32(10-8-15)22(35)14-34/h1-6,12-13,15,34H,7-10,14,28H2. The number of hydrogen-bond acceptors (Lipinski definition) is 7. The van der Waals surface area contributed by atoms with Gasteiger partial charge in [0.25, 0.3) is 0 Å². The van der Waals surface area contributed by atoms with Crippen LogP contribution in [0.15, 0.2) is 48.8 Å². The zero-order chi connectivity index (χ0) is 24.5. The highest BCUT2D eigenvalue weighted by molar-refractivity contribution is 5.80. The number of aromatic nitrogens is 4. The molecular weight excluding hydrogens is 449 g/mol. The molecule has 1 amide bonds. The van der Waals surface area contributed by atoms with E-state index in [9.17, 15) is 14.4 Å². The van der Waals surface area contributed by atoms with Gasteiger partial charge in [0, 0.05) is 41.9 Å². The average molecular weight is 471 g/mol. The third-order valence-electron chi connectivity index (χ3n) is 6.42. The first-order chi connectivity index (χ1) is 17.0. The first kappa shape index (κ1) is 22.4. The minimum Gasteiger partial charge on any atom is -0.387 e. The summed E-state index contributed by atoms with van der Waals surface area (Å²) in [6.45, 7) is 0.415. The Labute approximate surface area is 200 Å². The normalized spacial score (nSPS) is 14.3. The Bertz CT molecular complexity index is 1450. The first-order valence-corrected chi connectivity index (χ1v) is 11.2. The van der Waals surface area contributed by atoms with E-state index in [0.717, 1.165) is 5.56 Å². The predicted molar refractivity (Wildman–Crippen MR) is 126 cm³/mol. The molecule has 1 aromatic carbocycles. The van der Waals surface area contributed by atoms with Gasteiger partial charge in [0.15, 0.2) is 5.65 Å². The molecule has 1 aliphatic rings. The Morgan fingerprint density at radius 2 is 1.94 bits per heavy atom. The number of carbonyl (C=O) groups is 1. The molecule has 35 heavy (non-hydrogen) atoms. The quantitative estimate of drug-likeness (QED) is 0.467. The monoisotopic (exact) mass is 471 g/mol. The van der Waals surface area contributed by atoms with Crippen LogP contribution in [-0.2, 0) is 4.79 Å². The van der Waals surface area contributed by atoms with Crippen LogP contribution in [0.3, 0.4) is 0 Å². The van der Waals surface area contributed by atoms with Gasteiger partial charge in [0.1, 0.15) is 29.9 Å². The van der Waals surface area contributed by atoms with Gasteiger partial charge in [-0.25, -0.2) is 9.37 Å². The number of halogens is 1. The van der Waals surface area contributed by atoms with E-state index >= 15 is 0 Å². The highest BCUT2D eigenvalue weighted by Gasteiger charge is 2.28. The third kappa shape index (κ3) is 3.96. The van der Waals surface area contributed by atoms with Crippen LogP contribution in [0.5, 0.6) is 0 Å². The number of benzene rings is 1. The number of amides is 1. The van der Waals surface area contributed by atoms with Gasteiger partial charge in [-0.2, -0.15) is 14.9 Å². The number of nitrogens with zero attached hydrogens (tertiary/aromatic N) is 6. The topological polar surface area (TPSA) is 133 Å². The molecule has 9 nitrogen and oxygen atoms in total. The zero-order valence-electron chi connectivity index (χ0n) is 18.7. The van der Waals surface area contributed by atoms with Gasteiger partial charge in [-0.15, -0.1) is 0 Å². The first-order valence-electron chi connectivity index (χ1n) is 11.2. The van der Waals surface area contributed by atoms with Gasteiger partial charge in [-0.3, -0.25) is 9.78 Å². The van der Waals surface area contributed by atoms with Crippen LogP contribution in [-0.4, -0.2) is 55.2 Å². The van der Waals surface area contributed by atoms with Crippen molar-refractivity contribution in [2.24, 2.45) is 0 Å². The maximum atomic E-state index is 14.1. The van der Waals surface area contributed by atoms with Crippen LogP contribution >= 0.6 is 0 Å². The Kier molecular flexibility index (Phi) is 5.84. The lowest BCUT2D eigenvalue weighted by atomic mass is 9.90. The molecule has 1 saturated heterocycles. The van der Waals surface area contributed by atoms with E-state index in [1.165, 1.54) is 10.6 Å². The molecule has 176 valence electrons. The SMILES string of the molecule is N#Cc1c(C2CCN(C(=O)CO)CC2)nc2c(-c3ccc(-c4ccccc4F)nc3)cnn2c1N. The number of fused-ring (bicyclic) bond motifs is 1.